The second kappa shape index (κ2) is 13.3. The summed E-state index contributed by atoms with van der Waals surface area (Å²) in [6.45, 7) is 8.16. The maximum atomic E-state index is 5.55. The average Bonchev–Trinajstić information content (AvgIpc) is 2.74. The van der Waals surface area contributed by atoms with Crippen LogP contribution in [0.5, 0.6) is 11.5 Å². The second-order valence-electron chi connectivity index (χ2n) is 5.82. The predicted octanol–water partition coefficient (Wildman–Crippen LogP) is 5.15. The first-order valence-corrected chi connectivity index (χ1v) is 10.6. The minimum atomic E-state index is 0.815. The fourth-order valence-corrected chi connectivity index (χ4v) is 3.36. The Balaban J connectivity index is 0.000000254. The van der Waals surface area contributed by atoms with Crippen LogP contribution >= 0.6 is 11.8 Å². The monoisotopic (exact) mass is 390 g/mol. The number of thioether (sulfide) groups is 1. The molecule has 1 aliphatic rings. The van der Waals surface area contributed by atoms with Crippen molar-refractivity contribution in [2.24, 2.45) is 0 Å². The van der Waals surface area contributed by atoms with Crippen LogP contribution in [0.1, 0.15) is 38.3 Å². The summed E-state index contributed by atoms with van der Waals surface area (Å²) in [5, 5.41) is 3.33. The molecule has 1 aliphatic heterocycles. The normalized spacial score (nSPS) is 11.9. The Morgan fingerprint density at radius 3 is 2.15 bits per heavy atom. The molecule has 5 heteroatoms. The third-order valence-electron chi connectivity index (χ3n) is 3.95. The first kappa shape index (κ1) is 23.2. The Labute approximate surface area is 168 Å². The predicted molar refractivity (Wildman–Crippen MR) is 118 cm³/mol. The second-order valence-corrected chi connectivity index (χ2v) is 6.99. The molecule has 0 fully saturated rings. The molecule has 3 rings (SSSR count). The molecule has 2 aromatic carbocycles. The maximum Gasteiger partial charge on any atom is 0.161 e. The standard InChI is InChI=1S/C11H15NO2.C9H13NS.C2H6/c1-13-10-5-8-3-4-12-7-9(8)6-11(10)14-2;1-2-7-11-9-5-3-8(10)4-6-9;1-2/h5-6,12H,3-4,7H2,1-2H3;3-6H,2,7,10H2,1H3;1-2H3. The van der Waals surface area contributed by atoms with Crippen LogP contribution in [0.15, 0.2) is 41.3 Å². The highest BCUT2D eigenvalue weighted by molar-refractivity contribution is 7.99. The molecule has 0 spiro atoms. The van der Waals surface area contributed by atoms with Gasteiger partial charge in [-0.15, -0.1) is 11.8 Å². The van der Waals surface area contributed by atoms with E-state index >= 15 is 0 Å². The summed E-state index contributed by atoms with van der Waals surface area (Å²) in [5.41, 5.74) is 9.06. The quantitative estimate of drug-likeness (QED) is 0.546. The van der Waals surface area contributed by atoms with Gasteiger partial charge in [-0.2, -0.15) is 0 Å². The highest BCUT2D eigenvalue weighted by Crippen LogP contribution is 2.31. The van der Waals surface area contributed by atoms with Crippen LogP contribution in [0.4, 0.5) is 5.69 Å². The number of benzene rings is 2. The zero-order valence-electron chi connectivity index (χ0n) is 17.3. The van der Waals surface area contributed by atoms with Gasteiger partial charge in [-0.1, -0.05) is 20.8 Å². The SMILES string of the molecule is CC.CCCSc1ccc(N)cc1.COc1cc2c(cc1OC)CNCC2. The molecule has 3 N–H and O–H groups in total. The lowest BCUT2D eigenvalue weighted by Gasteiger charge is -2.19. The van der Waals surface area contributed by atoms with Crippen LogP contribution in [0.25, 0.3) is 0 Å². The summed E-state index contributed by atoms with van der Waals surface area (Å²) in [6, 6.07) is 12.1. The topological polar surface area (TPSA) is 56.5 Å². The molecule has 0 atom stereocenters. The molecule has 0 saturated carbocycles. The average molecular weight is 391 g/mol. The fourth-order valence-electron chi connectivity index (χ4n) is 2.59. The Hall–Kier alpha value is -1.85. The van der Waals surface area contributed by atoms with Gasteiger partial charge in [-0.3, -0.25) is 0 Å². The molecule has 4 nitrogen and oxygen atoms in total. The summed E-state index contributed by atoms with van der Waals surface area (Å²) < 4.78 is 10.5. The van der Waals surface area contributed by atoms with E-state index in [0.29, 0.717) is 0 Å². The van der Waals surface area contributed by atoms with Crippen molar-refractivity contribution in [2.75, 3.05) is 32.3 Å². The Morgan fingerprint density at radius 1 is 1.00 bits per heavy atom. The molecule has 0 saturated heterocycles. The van der Waals surface area contributed by atoms with Crippen LogP contribution in [-0.2, 0) is 13.0 Å². The number of hydrogen-bond acceptors (Lipinski definition) is 5. The van der Waals surface area contributed by atoms with E-state index < -0.39 is 0 Å². The number of rotatable bonds is 5. The number of hydrogen-bond donors (Lipinski definition) is 2. The number of anilines is 1. The Morgan fingerprint density at radius 2 is 1.59 bits per heavy atom. The van der Waals surface area contributed by atoms with E-state index in [1.165, 1.54) is 28.2 Å². The summed E-state index contributed by atoms with van der Waals surface area (Å²) in [7, 11) is 3.34. The number of fused-ring (bicyclic) bond motifs is 1. The Kier molecular flexibility index (Phi) is 11.5. The lowest BCUT2D eigenvalue weighted by atomic mass is 10.0. The van der Waals surface area contributed by atoms with Crippen molar-refractivity contribution >= 4 is 17.4 Å². The van der Waals surface area contributed by atoms with Gasteiger partial charge in [0.25, 0.3) is 0 Å². The number of nitrogens with one attached hydrogen (secondary N) is 1. The van der Waals surface area contributed by atoms with Gasteiger partial charge in [0.2, 0.25) is 0 Å². The first-order chi connectivity index (χ1) is 13.2. The molecule has 150 valence electrons. The third kappa shape index (κ3) is 7.73. The Bertz CT molecular complexity index is 616. The zero-order chi connectivity index (χ0) is 20.1. The highest BCUT2D eigenvalue weighted by Gasteiger charge is 2.13. The summed E-state index contributed by atoms with van der Waals surface area (Å²) in [6.07, 6.45) is 2.28. The van der Waals surface area contributed by atoms with Crippen molar-refractivity contribution < 1.29 is 9.47 Å². The fraction of sp³-hybridized carbons (Fsp3) is 0.455. The van der Waals surface area contributed by atoms with Crippen molar-refractivity contribution in [1.29, 1.82) is 0 Å². The zero-order valence-corrected chi connectivity index (χ0v) is 18.1. The molecular formula is C22H34N2O2S. The summed E-state index contributed by atoms with van der Waals surface area (Å²) in [5.74, 6) is 2.83. The van der Waals surface area contributed by atoms with Gasteiger partial charge in [0.15, 0.2) is 11.5 Å². The number of ether oxygens (including phenoxy) is 2. The molecular weight excluding hydrogens is 356 g/mol. The van der Waals surface area contributed by atoms with Crippen molar-refractivity contribution in [3.8, 4) is 11.5 Å². The van der Waals surface area contributed by atoms with Crippen molar-refractivity contribution in [3.05, 3.63) is 47.5 Å². The van der Waals surface area contributed by atoms with Crippen LogP contribution in [0, 0.1) is 0 Å². The first-order valence-electron chi connectivity index (χ1n) is 9.60. The van der Waals surface area contributed by atoms with Crippen LogP contribution in [0.3, 0.4) is 0 Å². The minimum Gasteiger partial charge on any atom is -0.493 e. The van der Waals surface area contributed by atoms with Gasteiger partial charge < -0.3 is 20.5 Å². The van der Waals surface area contributed by atoms with Gasteiger partial charge in [-0.05, 0) is 72.7 Å². The van der Waals surface area contributed by atoms with Crippen LogP contribution in [0.2, 0.25) is 0 Å². The molecule has 0 aliphatic carbocycles. The molecule has 27 heavy (non-hydrogen) atoms. The largest absolute Gasteiger partial charge is 0.493 e. The highest BCUT2D eigenvalue weighted by atomic mass is 32.2. The van der Waals surface area contributed by atoms with Crippen molar-refractivity contribution in [2.45, 2.75) is 45.1 Å². The van der Waals surface area contributed by atoms with E-state index in [0.717, 1.165) is 36.7 Å². The van der Waals surface area contributed by atoms with Gasteiger partial charge in [0.05, 0.1) is 14.2 Å². The van der Waals surface area contributed by atoms with Crippen molar-refractivity contribution in [1.82, 2.24) is 5.32 Å². The van der Waals surface area contributed by atoms with E-state index in [9.17, 15) is 0 Å². The van der Waals surface area contributed by atoms with Gasteiger partial charge in [0.1, 0.15) is 0 Å². The molecule has 1 heterocycles. The van der Waals surface area contributed by atoms with Crippen molar-refractivity contribution in [3.63, 3.8) is 0 Å². The molecule has 2 aromatic rings. The maximum absolute atomic E-state index is 5.55. The molecule has 0 unspecified atom stereocenters. The van der Waals surface area contributed by atoms with Gasteiger partial charge in [0, 0.05) is 17.1 Å². The van der Waals surface area contributed by atoms with E-state index in [2.05, 4.69) is 36.5 Å². The van der Waals surface area contributed by atoms with E-state index in [1.54, 1.807) is 14.2 Å². The number of nitrogens with two attached hydrogens (primary N) is 1. The molecule has 0 aromatic heterocycles. The molecule has 0 bridgehead atoms. The van der Waals surface area contributed by atoms with Crippen LogP contribution in [-0.4, -0.2) is 26.5 Å². The third-order valence-corrected chi connectivity index (χ3v) is 5.16. The lowest BCUT2D eigenvalue weighted by molar-refractivity contribution is 0.353. The van der Waals surface area contributed by atoms with Gasteiger partial charge >= 0.3 is 0 Å². The lowest BCUT2D eigenvalue weighted by Crippen LogP contribution is -2.23. The van der Waals surface area contributed by atoms with E-state index in [4.69, 9.17) is 15.2 Å². The van der Waals surface area contributed by atoms with E-state index in [-0.39, 0.29) is 0 Å². The minimum absolute atomic E-state index is 0.815. The van der Waals surface area contributed by atoms with E-state index in [1.807, 2.05) is 37.7 Å². The number of nitrogen functional groups attached to an aromatic ring is 1. The van der Waals surface area contributed by atoms with Gasteiger partial charge in [-0.25, -0.2) is 0 Å². The van der Waals surface area contributed by atoms with Crippen LogP contribution < -0.4 is 20.5 Å². The summed E-state index contributed by atoms with van der Waals surface area (Å²) >= 11 is 1.87. The molecule has 0 amide bonds. The molecule has 0 radical (unpaired) electrons. The summed E-state index contributed by atoms with van der Waals surface area (Å²) in [4.78, 5) is 1.31. The smallest absolute Gasteiger partial charge is 0.161 e. The number of methoxy groups -OCH3 is 2.